The molecule has 3 N–H and O–H groups in total. The summed E-state index contributed by atoms with van der Waals surface area (Å²) in [6.45, 7) is 4.83. The lowest BCUT2D eigenvalue weighted by Gasteiger charge is -2.17. The molecule has 0 aromatic carbocycles. The Morgan fingerprint density at radius 3 is 2.56 bits per heavy atom. The Labute approximate surface area is 111 Å². The van der Waals surface area contributed by atoms with Gasteiger partial charge in [-0.05, 0) is 31.7 Å². The van der Waals surface area contributed by atoms with Gasteiger partial charge in [0.25, 0.3) is 0 Å². The minimum absolute atomic E-state index is 0.00151. The van der Waals surface area contributed by atoms with E-state index in [0.717, 1.165) is 32.1 Å². The molecular weight excluding hydrogens is 226 g/mol. The summed E-state index contributed by atoms with van der Waals surface area (Å²) in [5.74, 6) is 0.622. The third kappa shape index (κ3) is 8.08. The van der Waals surface area contributed by atoms with Gasteiger partial charge in [-0.15, -0.1) is 0 Å². The molecule has 0 aliphatic heterocycles. The SMILES string of the molecule is CCCC(CCN)CCC(=O)NC(CC)CC#N. The summed E-state index contributed by atoms with van der Waals surface area (Å²) < 4.78 is 0. The lowest BCUT2D eigenvalue weighted by atomic mass is 9.94. The Kier molecular flexibility index (Phi) is 10.4. The molecule has 0 spiro atoms. The van der Waals surface area contributed by atoms with Crippen molar-refractivity contribution in [3.8, 4) is 6.07 Å². The Hall–Kier alpha value is -1.08. The molecule has 4 heteroatoms. The van der Waals surface area contributed by atoms with E-state index in [4.69, 9.17) is 11.0 Å². The maximum absolute atomic E-state index is 11.7. The van der Waals surface area contributed by atoms with Crippen molar-refractivity contribution in [2.75, 3.05) is 6.54 Å². The zero-order valence-corrected chi connectivity index (χ0v) is 11.7. The number of nitriles is 1. The van der Waals surface area contributed by atoms with Crippen molar-refractivity contribution in [2.45, 2.75) is 64.8 Å². The first kappa shape index (κ1) is 16.9. The van der Waals surface area contributed by atoms with Gasteiger partial charge in [0.2, 0.25) is 5.91 Å². The maximum Gasteiger partial charge on any atom is 0.220 e. The molecule has 2 unspecified atom stereocenters. The molecule has 0 aromatic heterocycles. The monoisotopic (exact) mass is 253 g/mol. The minimum Gasteiger partial charge on any atom is -0.352 e. The number of hydrogen-bond donors (Lipinski definition) is 2. The van der Waals surface area contributed by atoms with E-state index < -0.39 is 0 Å². The van der Waals surface area contributed by atoms with Gasteiger partial charge < -0.3 is 11.1 Å². The van der Waals surface area contributed by atoms with Crippen LogP contribution in [0.5, 0.6) is 0 Å². The van der Waals surface area contributed by atoms with E-state index in [1.165, 1.54) is 0 Å². The van der Waals surface area contributed by atoms with E-state index in [-0.39, 0.29) is 11.9 Å². The van der Waals surface area contributed by atoms with Crippen molar-refractivity contribution in [3.05, 3.63) is 0 Å². The van der Waals surface area contributed by atoms with E-state index in [0.29, 0.717) is 25.3 Å². The minimum atomic E-state index is 0.00151. The van der Waals surface area contributed by atoms with Crippen molar-refractivity contribution >= 4 is 5.91 Å². The molecule has 0 heterocycles. The number of nitrogens with two attached hydrogens (primary N) is 1. The molecule has 104 valence electrons. The number of rotatable bonds is 10. The van der Waals surface area contributed by atoms with Gasteiger partial charge in [-0.3, -0.25) is 4.79 Å². The fraction of sp³-hybridized carbons (Fsp3) is 0.857. The van der Waals surface area contributed by atoms with E-state index in [2.05, 4.69) is 18.3 Å². The Morgan fingerprint density at radius 1 is 1.33 bits per heavy atom. The average molecular weight is 253 g/mol. The Morgan fingerprint density at radius 2 is 2.06 bits per heavy atom. The van der Waals surface area contributed by atoms with Gasteiger partial charge in [0.05, 0.1) is 12.5 Å². The van der Waals surface area contributed by atoms with Crippen LogP contribution in [0.25, 0.3) is 0 Å². The van der Waals surface area contributed by atoms with Crippen molar-refractivity contribution in [1.29, 1.82) is 5.26 Å². The highest BCUT2D eigenvalue weighted by Gasteiger charge is 2.13. The van der Waals surface area contributed by atoms with Gasteiger partial charge >= 0.3 is 0 Å². The molecule has 0 fully saturated rings. The second-order valence-electron chi connectivity index (χ2n) is 4.81. The summed E-state index contributed by atoms with van der Waals surface area (Å²) in [5.41, 5.74) is 5.57. The molecule has 0 saturated heterocycles. The third-order valence-corrected chi connectivity index (χ3v) is 3.25. The highest BCUT2D eigenvalue weighted by atomic mass is 16.1. The number of nitrogens with one attached hydrogen (secondary N) is 1. The molecule has 1 amide bonds. The van der Waals surface area contributed by atoms with Crippen LogP contribution in [-0.4, -0.2) is 18.5 Å². The molecule has 4 nitrogen and oxygen atoms in total. The first-order valence-corrected chi connectivity index (χ1v) is 7.04. The molecule has 0 aliphatic carbocycles. The fourth-order valence-electron chi connectivity index (χ4n) is 2.12. The van der Waals surface area contributed by atoms with Crippen molar-refractivity contribution in [2.24, 2.45) is 11.7 Å². The van der Waals surface area contributed by atoms with E-state index >= 15 is 0 Å². The first-order valence-electron chi connectivity index (χ1n) is 7.04. The predicted octanol–water partition coefficient (Wildman–Crippen LogP) is 2.34. The second-order valence-corrected chi connectivity index (χ2v) is 4.81. The van der Waals surface area contributed by atoms with Crippen LogP contribution in [0.1, 0.15) is 58.8 Å². The van der Waals surface area contributed by atoms with Crippen LogP contribution in [0, 0.1) is 17.2 Å². The number of carbonyl (C=O) groups excluding carboxylic acids is 1. The van der Waals surface area contributed by atoms with Gasteiger partial charge in [-0.25, -0.2) is 0 Å². The van der Waals surface area contributed by atoms with Crippen molar-refractivity contribution < 1.29 is 4.79 Å². The summed E-state index contributed by atoms with van der Waals surface area (Å²) in [6.07, 6.45) is 5.92. The van der Waals surface area contributed by atoms with Crippen LogP contribution >= 0.6 is 0 Å². The van der Waals surface area contributed by atoms with Crippen molar-refractivity contribution in [1.82, 2.24) is 5.32 Å². The summed E-state index contributed by atoms with van der Waals surface area (Å²) in [4.78, 5) is 11.7. The largest absolute Gasteiger partial charge is 0.352 e. The molecule has 2 atom stereocenters. The zero-order chi connectivity index (χ0) is 13.8. The summed E-state index contributed by atoms with van der Waals surface area (Å²) in [6, 6.07) is 2.10. The lowest BCUT2D eigenvalue weighted by Crippen LogP contribution is -2.34. The summed E-state index contributed by atoms with van der Waals surface area (Å²) >= 11 is 0. The zero-order valence-electron chi connectivity index (χ0n) is 11.7. The highest BCUT2D eigenvalue weighted by molar-refractivity contribution is 5.76. The van der Waals surface area contributed by atoms with Crippen LogP contribution in [-0.2, 0) is 4.79 Å². The Bertz CT molecular complexity index is 254. The van der Waals surface area contributed by atoms with Crippen LogP contribution in [0.2, 0.25) is 0 Å². The molecule has 0 radical (unpaired) electrons. The predicted molar refractivity (Wildman–Crippen MR) is 73.8 cm³/mol. The highest BCUT2D eigenvalue weighted by Crippen LogP contribution is 2.16. The molecule has 0 aliphatic rings. The van der Waals surface area contributed by atoms with Crippen LogP contribution in [0.4, 0.5) is 0 Å². The van der Waals surface area contributed by atoms with E-state index in [1.54, 1.807) is 0 Å². The third-order valence-electron chi connectivity index (χ3n) is 3.25. The molecule has 18 heavy (non-hydrogen) atoms. The molecular formula is C14H27N3O. The van der Waals surface area contributed by atoms with Crippen LogP contribution in [0.15, 0.2) is 0 Å². The van der Waals surface area contributed by atoms with Crippen LogP contribution in [0.3, 0.4) is 0 Å². The van der Waals surface area contributed by atoms with Gasteiger partial charge in [0.15, 0.2) is 0 Å². The second kappa shape index (κ2) is 11.0. The topological polar surface area (TPSA) is 78.9 Å². The lowest BCUT2D eigenvalue weighted by molar-refractivity contribution is -0.122. The van der Waals surface area contributed by atoms with Crippen molar-refractivity contribution in [3.63, 3.8) is 0 Å². The molecule has 0 saturated carbocycles. The van der Waals surface area contributed by atoms with Gasteiger partial charge in [-0.1, -0.05) is 26.7 Å². The smallest absolute Gasteiger partial charge is 0.220 e. The number of carbonyl (C=O) groups is 1. The standard InChI is InChI=1S/C14H27N3O/c1-3-5-12(8-10-15)6-7-14(18)17-13(4-2)9-11-16/h12-13H,3-10,15H2,1-2H3,(H,17,18). The number of hydrogen-bond acceptors (Lipinski definition) is 3. The summed E-state index contributed by atoms with van der Waals surface area (Å²) in [5, 5.41) is 11.5. The van der Waals surface area contributed by atoms with Gasteiger partial charge in [0.1, 0.15) is 0 Å². The molecule has 0 rings (SSSR count). The quantitative estimate of drug-likeness (QED) is 0.627. The molecule has 0 bridgehead atoms. The van der Waals surface area contributed by atoms with Crippen LogP contribution < -0.4 is 11.1 Å². The Balaban J connectivity index is 3.95. The number of amides is 1. The van der Waals surface area contributed by atoms with E-state index in [1.807, 2.05) is 6.92 Å². The summed E-state index contributed by atoms with van der Waals surface area (Å²) in [7, 11) is 0. The van der Waals surface area contributed by atoms with E-state index in [9.17, 15) is 4.79 Å². The normalized spacial score (nSPS) is 13.7. The van der Waals surface area contributed by atoms with Gasteiger partial charge in [0, 0.05) is 12.5 Å². The molecule has 0 aromatic rings. The fourth-order valence-corrected chi connectivity index (χ4v) is 2.12. The first-order chi connectivity index (χ1) is 8.67. The number of nitrogens with zero attached hydrogens (tertiary/aromatic N) is 1. The van der Waals surface area contributed by atoms with Gasteiger partial charge in [-0.2, -0.15) is 5.26 Å². The average Bonchev–Trinajstić information content (AvgIpc) is 2.36. The maximum atomic E-state index is 11.7.